The minimum atomic E-state index is -0.0320. The predicted molar refractivity (Wildman–Crippen MR) is 62.8 cm³/mol. The van der Waals surface area contributed by atoms with E-state index in [1.54, 1.807) is 12.1 Å². The van der Waals surface area contributed by atoms with Crippen LogP contribution in [-0.2, 0) is 0 Å². The number of carbonyl (C=O) groups is 1. The van der Waals surface area contributed by atoms with Crippen molar-refractivity contribution in [3.63, 3.8) is 0 Å². The van der Waals surface area contributed by atoms with Crippen LogP contribution in [0.1, 0.15) is 10.4 Å². The number of amidine groups is 1. The molecule has 5 heteroatoms. The fourth-order valence-electron chi connectivity index (χ4n) is 0.862. The van der Waals surface area contributed by atoms with Crippen molar-refractivity contribution in [3.8, 4) is 0 Å². The molecule has 14 heavy (non-hydrogen) atoms. The lowest BCUT2D eigenvalue weighted by molar-refractivity contribution is 0.102. The molecule has 0 aromatic heterocycles. The SMILES string of the molecule is N=C(N)SCC(=O)c1ccc(Br)cc1. The number of hydrogen-bond donors (Lipinski definition) is 2. The molecule has 1 aromatic rings. The van der Waals surface area contributed by atoms with E-state index >= 15 is 0 Å². The molecular formula is C9H9BrN2OS. The number of Topliss-reactive ketones (excluding diaryl/α,β-unsaturated/α-hetero) is 1. The summed E-state index contributed by atoms with van der Waals surface area (Å²) in [5, 5.41) is 6.93. The van der Waals surface area contributed by atoms with E-state index in [0.717, 1.165) is 16.2 Å². The average molecular weight is 273 g/mol. The topological polar surface area (TPSA) is 66.9 Å². The number of nitrogens with one attached hydrogen (secondary N) is 1. The molecule has 74 valence electrons. The van der Waals surface area contributed by atoms with Gasteiger partial charge in [0.2, 0.25) is 0 Å². The van der Waals surface area contributed by atoms with Gasteiger partial charge < -0.3 is 5.73 Å². The molecule has 3 nitrogen and oxygen atoms in total. The first-order chi connectivity index (χ1) is 6.59. The van der Waals surface area contributed by atoms with E-state index in [0.29, 0.717) is 5.56 Å². The summed E-state index contributed by atoms with van der Waals surface area (Å²) in [7, 11) is 0. The van der Waals surface area contributed by atoms with Crippen molar-refractivity contribution in [2.45, 2.75) is 0 Å². The Morgan fingerprint density at radius 1 is 1.43 bits per heavy atom. The third-order valence-corrected chi connectivity index (χ3v) is 2.77. The molecule has 0 saturated heterocycles. The molecule has 0 spiro atoms. The lowest BCUT2D eigenvalue weighted by Crippen LogP contribution is -2.10. The fourth-order valence-corrected chi connectivity index (χ4v) is 1.58. The highest BCUT2D eigenvalue weighted by Gasteiger charge is 2.05. The van der Waals surface area contributed by atoms with Crippen LogP contribution in [0.5, 0.6) is 0 Å². The van der Waals surface area contributed by atoms with Crippen LogP contribution in [-0.4, -0.2) is 16.7 Å². The summed E-state index contributed by atoms with van der Waals surface area (Å²) < 4.78 is 0.938. The van der Waals surface area contributed by atoms with Crippen LogP contribution in [0.4, 0.5) is 0 Å². The van der Waals surface area contributed by atoms with Crippen LogP contribution in [0.15, 0.2) is 28.7 Å². The monoisotopic (exact) mass is 272 g/mol. The van der Waals surface area contributed by atoms with Gasteiger partial charge in [-0.2, -0.15) is 0 Å². The highest BCUT2D eigenvalue weighted by atomic mass is 79.9. The van der Waals surface area contributed by atoms with E-state index in [1.807, 2.05) is 12.1 Å². The molecule has 0 unspecified atom stereocenters. The van der Waals surface area contributed by atoms with Gasteiger partial charge in [-0.1, -0.05) is 39.8 Å². The first kappa shape index (κ1) is 11.3. The van der Waals surface area contributed by atoms with E-state index in [2.05, 4.69) is 15.9 Å². The number of rotatable bonds is 3. The third-order valence-electron chi connectivity index (χ3n) is 1.52. The van der Waals surface area contributed by atoms with E-state index in [4.69, 9.17) is 11.1 Å². The Hall–Kier alpha value is -0.810. The number of halogens is 1. The summed E-state index contributed by atoms with van der Waals surface area (Å²) in [6, 6.07) is 7.11. The molecular weight excluding hydrogens is 264 g/mol. The van der Waals surface area contributed by atoms with Crippen molar-refractivity contribution in [1.82, 2.24) is 0 Å². The maximum Gasteiger partial charge on any atom is 0.173 e. The van der Waals surface area contributed by atoms with Crippen LogP contribution in [0, 0.1) is 5.41 Å². The van der Waals surface area contributed by atoms with Gasteiger partial charge in [0.05, 0.1) is 5.75 Å². The van der Waals surface area contributed by atoms with Gasteiger partial charge >= 0.3 is 0 Å². The third kappa shape index (κ3) is 3.51. The molecule has 0 aliphatic carbocycles. The van der Waals surface area contributed by atoms with Crippen LogP contribution < -0.4 is 5.73 Å². The molecule has 0 bridgehead atoms. The van der Waals surface area contributed by atoms with Gasteiger partial charge in [0.1, 0.15) is 0 Å². The molecule has 0 heterocycles. The zero-order chi connectivity index (χ0) is 10.6. The molecule has 1 aromatic carbocycles. The highest BCUT2D eigenvalue weighted by molar-refractivity contribution is 9.10. The second-order valence-electron chi connectivity index (χ2n) is 2.58. The smallest absolute Gasteiger partial charge is 0.173 e. The molecule has 0 atom stereocenters. The summed E-state index contributed by atoms with van der Waals surface area (Å²) in [6.07, 6.45) is 0. The Balaban J connectivity index is 2.61. The molecule has 3 N–H and O–H groups in total. The zero-order valence-corrected chi connectivity index (χ0v) is 9.69. The second kappa shape index (κ2) is 5.17. The molecule has 0 fully saturated rings. The van der Waals surface area contributed by atoms with E-state index in [-0.39, 0.29) is 16.7 Å². The molecule has 0 amide bonds. The van der Waals surface area contributed by atoms with Gasteiger partial charge in [-0.25, -0.2) is 0 Å². The number of hydrogen-bond acceptors (Lipinski definition) is 3. The van der Waals surface area contributed by atoms with Crippen molar-refractivity contribution < 1.29 is 4.79 Å². The molecule has 0 aliphatic heterocycles. The normalized spacial score (nSPS) is 9.79. The average Bonchev–Trinajstić information content (AvgIpc) is 2.15. The Kier molecular flexibility index (Phi) is 4.16. The quantitative estimate of drug-likeness (QED) is 0.504. The number of thioether (sulfide) groups is 1. The number of nitrogens with two attached hydrogens (primary N) is 1. The summed E-state index contributed by atoms with van der Waals surface area (Å²) in [4.78, 5) is 11.5. The summed E-state index contributed by atoms with van der Waals surface area (Å²) >= 11 is 4.32. The summed E-state index contributed by atoms with van der Waals surface area (Å²) in [5.74, 6) is 0.203. The molecule has 0 radical (unpaired) electrons. The number of ketones is 1. The van der Waals surface area contributed by atoms with Crippen molar-refractivity contribution in [3.05, 3.63) is 34.3 Å². The van der Waals surface area contributed by atoms with Gasteiger partial charge in [0.25, 0.3) is 0 Å². The van der Waals surface area contributed by atoms with Crippen molar-refractivity contribution in [1.29, 1.82) is 5.41 Å². The lowest BCUT2D eigenvalue weighted by atomic mass is 10.2. The Bertz CT molecular complexity index is 350. The first-order valence-electron chi connectivity index (χ1n) is 3.85. The summed E-state index contributed by atoms with van der Waals surface area (Å²) in [6.45, 7) is 0. The maximum absolute atomic E-state index is 11.5. The molecule has 1 rings (SSSR count). The summed E-state index contributed by atoms with van der Waals surface area (Å²) in [5.41, 5.74) is 5.77. The van der Waals surface area contributed by atoms with E-state index < -0.39 is 0 Å². The largest absolute Gasteiger partial charge is 0.379 e. The van der Waals surface area contributed by atoms with E-state index in [1.165, 1.54) is 0 Å². The minimum absolute atomic E-state index is 0.0160. The first-order valence-corrected chi connectivity index (χ1v) is 5.63. The highest BCUT2D eigenvalue weighted by Crippen LogP contribution is 2.12. The standard InChI is InChI=1S/C9H9BrN2OS/c10-7-3-1-6(2-4-7)8(13)5-14-9(11)12/h1-4H,5H2,(H3,11,12). The van der Waals surface area contributed by atoms with Crippen molar-refractivity contribution >= 4 is 38.6 Å². The maximum atomic E-state index is 11.5. The zero-order valence-electron chi connectivity index (χ0n) is 7.29. The molecule has 0 saturated carbocycles. The fraction of sp³-hybridized carbons (Fsp3) is 0.111. The number of benzene rings is 1. The van der Waals surface area contributed by atoms with Gasteiger partial charge in [-0.05, 0) is 12.1 Å². The Labute approximate surface area is 94.7 Å². The van der Waals surface area contributed by atoms with Crippen LogP contribution >= 0.6 is 27.7 Å². The van der Waals surface area contributed by atoms with Crippen molar-refractivity contribution in [2.75, 3.05) is 5.75 Å². The van der Waals surface area contributed by atoms with Crippen LogP contribution in [0.2, 0.25) is 0 Å². The van der Waals surface area contributed by atoms with Crippen molar-refractivity contribution in [2.24, 2.45) is 5.73 Å². The predicted octanol–water partition coefficient (Wildman–Crippen LogP) is 2.26. The Morgan fingerprint density at radius 3 is 2.50 bits per heavy atom. The minimum Gasteiger partial charge on any atom is -0.379 e. The van der Waals surface area contributed by atoms with Gasteiger partial charge in [0.15, 0.2) is 11.0 Å². The van der Waals surface area contributed by atoms with Gasteiger partial charge in [0, 0.05) is 10.0 Å². The lowest BCUT2D eigenvalue weighted by Gasteiger charge is -1.99. The van der Waals surface area contributed by atoms with Gasteiger partial charge in [-0.3, -0.25) is 10.2 Å². The second-order valence-corrected chi connectivity index (χ2v) is 4.52. The molecule has 0 aliphatic rings. The van der Waals surface area contributed by atoms with E-state index in [9.17, 15) is 4.79 Å². The number of carbonyl (C=O) groups excluding carboxylic acids is 1. The van der Waals surface area contributed by atoms with Crippen LogP contribution in [0.3, 0.4) is 0 Å². The van der Waals surface area contributed by atoms with Crippen LogP contribution in [0.25, 0.3) is 0 Å². The van der Waals surface area contributed by atoms with Gasteiger partial charge in [-0.15, -0.1) is 0 Å². The Morgan fingerprint density at radius 2 is 2.00 bits per heavy atom.